The fourth-order valence-corrected chi connectivity index (χ4v) is 7.11. The number of nitrogens with zero attached hydrogens (tertiary/aromatic N) is 5. The molecule has 1 aromatic carbocycles. The quantitative estimate of drug-likeness (QED) is 0.403. The van der Waals surface area contributed by atoms with Gasteiger partial charge in [-0.3, -0.25) is 9.78 Å². The van der Waals surface area contributed by atoms with Gasteiger partial charge in [0.05, 0.1) is 29.2 Å². The molecule has 0 radical (unpaired) electrons. The fourth-order valence-electron chi connectivity index (χ4n) is 6.27. The number of carbonyl (C=O) groups is 1. The predicted octanol–water partition coefficient (Wildman–Crippen LogP) is 3.84. The number of piperidine rings is 2. The molecule has 5 rings (SSSR count). The van der Waals surface area contributed by atoms with Crippen molar-refractivity contribution >= 4 is 26.8 Å². The Kier molecular flexibility index (Phi) is 9.31. The van der Waals surface area contributed by atoms with Crippen LogP contribution in [-0.2, 0) is 10.0 Å². The van der Waals surface area contributed by atoms with Crippen LogP contribution in [0.1, 0.15) is 61.4 Å². The lowest BCUT2D eigenvalue weighted by Crippen LogP contribution is -2.46. The molecular weight excluding hydrogens is 555 g/mol. The summed E-state index contributed by atoms with van der Waals surface area (Å²) in [6, 6.07) is 6.51. The molecular formula is C31H43FN6O3S. The second kappa shape index (κ2) is 12.8. The highest BCUT2D eigenvalue weighted by atomic mass is 32.2. The number of nitrogens with one attached hydrogen (secondary N) is 1. The molecule has 42 heavy (non-hydrogen) atoms. The highest BCUT2D eigenvalue weighted by Gasteiger charge is 2.27. The van der Waals surface area contributed by atoms with Gasteiger partial charge in [-0.25, -0.2) is 17.5 Å². The van der Waals surface area contributed by atoms with Crippen molar-refractivity contribution in [2.24, 2.45) is 0 Å². The molecule has 0 spiro atoms. The van der Waals surface area contributed by atoms with Crippen molar-refractivity contribution in [3.05, 3.63) is 59.8 Å². The monoisotopic (exact) mass is 598 g/mol. The molecule has 0 saturated carbocycles. The van der Waals surface area contributed by atoms with Crippen molar-refractivity contribution < 1.29 is 17.6 Å². The number of carbonyl (C=O) groups excluding carboxylic acids is 1. The number of hydrogen-bond donors (Lipinski definition) is 1. The van der Waals surface area contributed by atoms with E-state index in [1.807, 2.05) is 36.9 Å². The average molecular weight is 599 g/mol. The van der Waals surface area contributed by atoms with E-state index in [9.17, 15) is 17.6 Å². The second-order valence-electron chi connectivity index (χ2n) is 12.1. The van der Waals surface area contributed by atoms with Crippen molar-refractivity contribution in [1.29, 1.82) is 0 Å². The number of pyridine rings is 1. The SMILES string of the molecule is CC(C)N(C)C(=O)c1cc(F)ccc1-n1cc(C2CCN(CCN3CCC(NS(C)(=O)=O)CC3)CC2)c2ccncc21. The van der Waals surface area contributed by atoms with Gasteiger partial charge in [0.2, 0.25) is 10.0 Å². The lowest BCUT2D eigenvalue weighted by atomic mass is 9.89. The van der Waals surface area contributed by atoms with Crippen molar-refractivity contribution in [3.8, 4) is 5.69 Å². The average Bonchev–Trinajstić information content (AvgIpc) is 3.35. The van der Waals surface area contributed by atoms with Crippen LogP contribution in [0.4, 0.5) is 4.39 Å². The number of aromatic nitrogens is 2. The van der Waals surface area contributed by atoms with Gasteiger partial charge in [-0.1, -0.05) is 0 Å². The van der Waals surface area contributed by atoms with Crippen LogP contribution in [0.5, 0.6) is 0 Å². The summed E-state index contributed by atoms with van der Waals surface area (Å²) in [4.78, 5) is 24.3. The maximum Gasteiger partial charge on any atom is 0.256 e. The number of hydrogen-bond acceptors (Lipinski definition) is 6. The van der Waals surface area contributed by atoms with Gasteiger partial charge in [-0.05, 0) is 101 Å². The lowest BCUT2D eigenvalue weighted by Gasteiger charge is -2.36. The first-order chi connectivity index (χ1) is 20.0. The number of rotatable bonds is 9. The second-order valence-corrected chi connectivity index (χ2v) is 13.9. The summed E-state index contributed by atoms with van der Waals surface area (Å²) in [7, 11) is -1.41. The summed E-state index contributed by atoms with van der Waals surface area (Å²) in [5, 5.41) is 1.12. The topological polar surface area (TPSA) is 90.8 Å². The molecule has 2 saturated heterocycles. The molecule has 3 aromatic rings. The smallest absolute Gasteiger partial charge is 0.256 e. The molecule has 2 aliphatic rings. The van der Waals surface area contributed by atoms with Crippen molar-refractivity contribution in [1.82, 2.24) is 29.0 Å². The zero-order chi connectivity index (χ0) is 30.0. The van der Waals surface area contributed by atoms with Crippen LogP contribution in [-0.4, -0.2) is 103 Å². The van der Waals surface area contributed by atoms with E-state index >= 15 is 0 Å². The Hall–Kier alpha value is -2.86. The third-order valence-corrected chi connectivity index (χ3v) is 9.67. The maximum absolute atomic E-state index is 14.4. The van der Waals surface area contributed by atoms with E-state index in [1.165, 1.54) is 24.0 Å². The van der Waals surface area contributed by atoms with Crippen LogP contribution in [0.3, 0.4) is 0 Å². The van der Waals surface area contributed by atoms with Crippen LogP contribution in [0.25, 0.3) is 16.6 Å². The van der Waals surface area contributed by atoms with Crippen LogP contribution in [0.15, 0.2) is 42.9 Å². The highest BCUT2D eigenvalue weighted by Crippen LogP contribution is 2.36. The summed E-state index contributed by atoms with van der Waals surface area (Å²) in [5.74, 6) is -0.268. The van der Waals surface area contributed by atoms with Crippen molar-refractivity contribution in [2.45, 2.75) is 57.5 Å². The van der Waals surface area contributed by atoms with Crippen molar-refractivity contribution in [3.63, 3.8) is 0 Å². The minimum Gasteiger partial charge on any atom is -0.339 e. The molecule has 0 unspecified atom stereocenters. The van der Waals surface area contributed by atoms with Gasteiger partial charge in [0.25, 0.3) is 5.91 Å². The number of halogens is 1. The van der Waals surface area contributed by atoms with E-state index in [1.54, 1.807) is 18.0 Å². The minimum atomic E-state index is -3.16. The molecule has 11 heteroatoms. The lowest BCUT2D eigenvalue weighted by molar-refractivity contribution is 0.0754. The minimum absolute atomic E-state index is 0.0128. The van der Waals surface area contributed by atoms with Crippen LogP contribution < -0.4 is 4.72 Å². The van der Waals surface area contributed by atoms with E-state index in [0.717, 1.165) is 75.9 Å². The van der Waals surface area contributed by atoms with Crippen LogP contribution in [0, 0.1) is 5.82 Å². The summed E-state index contributed by atoms with van der Waals surface area (Å²) in [6.07, 6.45) is 10.8. The normalized spacial score (nSPS) is 18.2. The van der Waals surface area contributed by atoms with Crippen LogP contribution in [0.2, 0.25) is 0 Å². The van der Waals surface area contributed by atoms with Gasteiger partial charge >= 0.3 is 0 Å². The van der Waals surface area contributed by atoms with E-state index in [2.05, 4.69) is 25.7 Å². The van der Waals surface area contributed by atoms with E-state index in [-0.39, 0.29) is 18.0 Å². The number of fused-ring (bicyclic) bond motifs is 1. The Labute approximate surface area is 248 Å². The molecule has 1 N–H and O–H groups in total. The van der Waals surface area contributed by atoms with Gasteiger partial charge in [0, 0.05) is 50.0 Å². The molecule has 1 amide bonds. The Morgan fingerprint density at radius 2 is 1.71 bits per heavy atom. The molecule has 0 aliphatic carbocycles. The Bertz CT molecular complexity index is 1510. The summed E-state index contributed by atoms with van der Waals surface area (Å²) in [5.41, 5.74) is 3.15. The highest BCUT2D eigenvalue weighted by molar-refractivity contribution is 7.88. The predicted molar refractivity (Wildman–Crippen MR) is 164 cm³/mol. The molecule has 2 aliphatic heterocycles. The number of amides is 1. The first-order valence-corrected chi connectivity index (χ1v) is 16.8. The van der Waals surface area contributed by atoms with Gasteiger partial charge in [-0.2, -0.15) is 0 Å². The van der Waals surface area contributed by atoms with Gasteiger partial charge in [0.1, 0.15) is 5.82 Å². The number of likely N-dealkylation sites (tertiary alicyclic amines) is 2. The van der Waals surface area contributed by atoms with Gasteiger partial charge < -0.3 is 19.3 Å². The Morgan fingerprint density at radius 3 is 2.33 bits per heavy atom. The third kappa shape index (κ3) is 7.02. The van der Waals surface area contributed by atoms with Crippen LogP contribution >= 0.6 is 0 Å². The first-order valence-electron chi connectivity index (χ1n) is 14.9. The zero-order valence-electron chi connectivity index (χ0n) is 25.1. The fraction of sp³-hybridized carbons (Fsp3) is 0.548. The molecule has 2 fully saturated rings. The maximum atomic E-state index is 14.4. The molecule has 4 heterocycles. The molecule has 9 nitrogen and oxygen atoms in total. The summed E-state index contributed by atoms with van der Waals surface area (Å²) in [6.45, 7) is 9.73. The first kappa shape index (κ1) is 30.6. The molecule has 0 bridgehead atoms. The number of sulfonamides is 1. The van der Waals surface area contributed by atoms with E-state index in [0.29, 0.717) is 17.2 Å². The third-order valence-electron chi connectivity index (χ3n) is 8.91. The zero-order valence-corrected chi connectivity index (χ0v) is 25.9. The van der Waals surface area contributed by atoms with E-state index in [4.69, 9.17) is 0 Å². The Morgan fingerprint density at radius 1 is 1.07 bits per heavy atom. The summed E-state index contributed by atoms with van der Waals surface area (Å²) >= 11 is 0. The largest absolute Gasteiger partial charge is 0.339 e. The van der Waals surface area contributed by atoms with Gasteiger partial charge in [-0.15, -0.1) is 0 Å². The van der Waals surface area contributed by atoms with Gasteiger partial charge in [0.15, 0.2) is 0 Å². The molecule has 228 valence electrons. The molecule has 2 aromatic heterocycles. The number of benzene rings is 1. The van der Waals surface area contributed by atoms with Crippen molar-refractivity contribution in [2.75, 3.05) is 52.6 Å². The molecule has 0 atom stereocenters. The Balaban J connectivity index is 1.27. The standard InChI is InChI=1S/C31H43FN6O3S/c1-22(2)35(3)31(39)27-19-24(32)5-6-29(27)38-21-28(26-7-12-33-20-30(26)38)23-8-13-36(14-9-23)17-18-37-15-10-25(11-16-37)34-42(4,40)41/h5-7,12,19-23,25,34H,8-11,13-18H2,1-4H3. The van der Waals surface area contributed by atoms with E-state index < -0.39 is 15.8 Å². The summed E-state index contributed by atoms with van der Waals surface area (Å²) < 4.78 is 42.2.